The van der Waals surface area contributed by atoms with Crippen LogP contribution in [0.15, 0.2) is 11.5 Å². The van der Waals surface area contributed by atoms with Crippen LogP contribution in [0.5, 0.6) is 0 Å². The van der Waals surface area contributed by atoms with Crippen molar-refractivity contribution in [3.8, 4) is 0 Å². The van der Waals surface area contributed by atoms with Crippen molar-refractivity contribution in [3.05, 3.63) is 11.5 Å². The Kier molecular flexibility index (Phi) is 4.77. The molecule has 0 atom stereocenters. The Balaban J connectivity index is 3.29. The van der Waals surface area contributed by atoms with Gasteiger partial charge in [0.15, 0.2) is 0 Å². The number of hydrogen-bond acceptors (Lipinski definition) is 1. The van der Waals surface area contributed by atoms with Crippen LogP contribution in [-0.4, -0.2) is 21.4 Å². The molecular formula is C6H12BN. The lowest BCUT2D eigenvalue weighted by atomic mass is 9.95. The molecule has 2 heteroatoms. The summed E-state index contributed by atoms with van der Waals surface area (Å²) in [4.78, 5) is 0. The van der Waals surface area contributed by atoms with E-state index in [0.29, 0.717) is 0 Å². The lowest BCUT2D eigenvalue weighted by Gasteiger charge is -1.96. The Bertz CT molecular complexity index is 78.6. The fourth-order valence-corrected chi connectivity index (χ4v) is 0.538. The average Bonchev–Trinajstić information content (AvgIpc) is 1.68. The molecule has 0 bridgehead atoms. The summed E-state index contributed by atoms with van der Waals surface area (Å²) in [5, 5.41) is 2.96. The molecule has 0 amide bonds. The predicted molar refractivity (Wildman–Crippen MR) is 38.1 cm³/mol. The Morgan fingerprint density at radius 3 is 2.75 bits per heavy atom. The van der Waals surface area contributed by atoms with E-state index in [2.05, 4.69) is 12.2 Å². The number of rotatable bonds is 3. The largest absolute Gasteiger partial charge is 0.317 e. The fourth-order valence-electron chi connectivity index (χ4n) is 0.538. The molecule has 0 aromatic heterocycles. The van der Waals surface area contributed by atoms with E-state index in [-0.39, 0.29) is 0 Å². The fraction of sp³-hybridized carbons (Fsp3) is 0.667. The van der Waals surface area contributed by atoms with Crippen molar-refractivity contribution in [2.75, 3.05) is 13.6 Å². The van der Waals surface area contributed by atoms with Crippen LogP contribution in [0.2, 0.25) is 0 Å². The van der Waals surface area contributed by atoms with Crippen LogP contribution < -0.4 is 5.32 Å². The molecule has 0 rings (SSSR count). The molecular weight excluding hydrogens is 96.9 g/mol. The quantitative estimate of drug-likeness (QED) is 0.525. The van der Waals surface area contributed by atoms with Gasteiger partial charge in [0.25, 0.3) is 0 Å². The molecule has 44 valence electrons. The van der Waals surface area contributed by atoms with Gasteiger partial charge in [-0.15, -0.1) is 5.47 Å². The summed E-state index contributed by atoms with van der Waals surface area (Å²) in [5.41, 5.74) is 0.926. The van der Waals surface area contributed by atoms with Crippen molar-refractivity contribution in [1.29, 1.82) is 0 Å². The highest BCUT2D eigenvalue weighted by Crippen LogP contribution is 1.86. The lowest BCUT2D eigenvalue weighted by Crippen LogP contribution is -2.10. The maximum atomic E-state index is 5.49. The first-order chi connectivity index (χ1) is 3.81. The van der Waals surface area contributed by atoms with Crippen molar-refractivity contribution < 1.29 is 0 Å². The first-order valence-corrected chi connectivity index (χ1v) is 2.90. The number of hydrogen-bond donors (Lipinski definition) is 1. The molecule has 0 aliphatic carbocycles. The third kappa shape index (κ3) is 3.94. The van der Waals surface area contributed by atoms with Crippen LogP contribution in [0, 0.1) is 0 Å². The van der Waals surface area contributed by atoms with Crippen LogP contribution in [0.25, 0.3) is 0 Å². The van der Waals surface area contributed by atoms with Crippen LogP contribution >= 0.6 is 0 Å². The summed E-state index contributed by atoms with van der Waals surface area (Å²) >= 11 is 0. The molecule has 1 N–H and O–H groups in total. The van der Waals surface area contributed by atoms with Gasteiger partial charge in [0, 0.05) is 6.54 Å². The minimum Gasteiger partial charge on any atom is -0.317 e. The monoisotopic (exact) mass is 109 g/mol. The highest BCUT2D eigenvalue weighted by Gasteiger charge is 1.80. The number of likely N-dealkylation sites (N-methyl/N-ethyl adjacent to an activating group) is 1. The lowest BCUT2D eigenvalue weighted by molar-refractivity contribution is 0.904. The van der Waals surface area contributed by atoms with Crippen molar-refractivity contribution in [2.24, 2.45) is 0 Å². The SMILES string of the molecule is [B]/C(=C/CC)CNC. The summed E-state index contributed by atoms with van der Waals surface area (Å²) in [7, 11) is 7.38. The van der Waals surface area contributed by atoms with Gasteiger partial charge >= 0.3 is 0 Å². The second-order valence-corrected chi connectivity index (χ2v) is 1.72. The van der Waals surface area contributed by atoms with Crippen LogP contribution in [0.4, 0.5) is 0 Å². The van der Waals surface area contributed by atoms with Crippen molar-refractivity contribution in [1.82, 2.24) is 5.32 Å². The maximum absolute atomic E-state index is 5.49. The maximum Gasteiger partial charge on any atom is 0.109 e. The molecule has 0 fully saturated rings. The van der Waals surface area contributed by atoms with Gasteiger partial charge in [0.1, 0.15) is 7.85 Å². The Labute approximate surface area is 52.6 Å². The third-order valence-electron chi connectivity index (χ3n) is 0.847. The van der Waals surface area contributed by atoms with Crippen LogP contribution in [0.3, 0.4) is 0 Å². The molecule has 0 aliphatic heterocycles. The van der Waals surface area contributed by atoms with Gasteiger partial charge in [-0.1, -0.05) is 13.0 Å². The Morgan fingerprint density at radius 1 is 1.75 bits per heavy atom. The molecule has 0 heterocycles. The molecule has 1 nitrogen and oxygen atoms in total. The van der Waals surface area contributed by atoms with Crippen molar-refractivity contribution in [3.63, 3.8) is 0 Å². The molecule has 0 saturated heterocycles. The highest BCUT2D eigenvalue weighted by atomic mass is 14.8. The molecule has 2 radical (unpaired) electrons. The zero-order valence-electron chi connectivity index (χ0n) is 5.57. The van der Waals surface area contributed by atoms with Gasteiger partial charge in [-0.2, -0.15) is 0 Å². The van der Waals surface area contributed by atoms with E-state index in [1.165, 1.54) is 0 Å². The van der Waals surface area contributed by atoms with Crippen molar-refractivity contribution >= 4 is 7.85 Å². The minimum absolute atomic E-state index is 0.799. The topological polar surface area (TPSA) is 12.0 Å². The Hall–Kier alpha value is -0.235. The normalized spacial score (nSPS) is 12.0. The summed E-state index contributed by atoms with van der Waals surface area (Å²) in [6, 6.07) is 0. The predicted octanol–water partition coefficient (Wildman–Crippen LogP) is 0.668. The second-order valence-electron chi connectivity index (χ2n) is 1.72. The number of allylic oxidation sites excluding steroid dienone is 1. The van der Waals surface area contributed by atoms with Gasteiger partial charge in [0.05, 0.1) is 0 Å². The van der Waals surface area contributed by atoms with Gasteiger partial charge < -0.3 is 5.32 Å². The molecule has 0 unspecified atom stereocenters. The molecule has 0 aliphatic rings. The van der Waals surface area contributed by atoms with E-state index in [1.807, 2.05) is 13.1 Å². The summed E-state index contributed by atoms with van der Waals surface area (Å²) < 4.78 is 0. The van der Waals surface area contributed by atoms with Crippen molar-refractivity contribution in [2.45, 2.75) is 13.3 Å². The standard InChI is InChI=1S/C6H12BN/c1-3-4-6(7)5-8-2/h4,8H,3,5H2,1-2H3/b6-4+. The Morgan fingerprint density at radius 2 is 2.38 bits per heavy atom. The zero-order chi connectivity index (χ0) is 6.41. The minimum atomic E-state index is 0.799. The van der Waals surface area contributed by atoms with E-state index in [1.54, 1.807) is 0 Å². The van der Waals surface area contributed by atoms with E-state index >= 15 is 0 Å². The summed E-state index contributed by atoms with van der Waals surface area (Å²) in [6.07, 6.45) is 3.03. The van der Waals surface area contributed by atoms with Gasteiger partial charge in [-0.25, -0.2) is 0 Å². The summed E-state index contributed by atoms with van der Waals surface area (Å²) in [6.45, 7) is 2.87. The molecule has 0 aromatic rings. The first kappa shape index (κ1) is 7.76. The second kappa shape index (κ2) is 4.91. The molecule has 0 aromatic carbocycles. The molecule has 8 heavy (non-hydrogen) atoms. The molecule has 0 spiro atoms. The average molecular weight is 109 g/mol. The van der Waals surface area contributed by atoms with Crippen LogP contribution in [-0.2, 0) is 0 Å². The smallest absolute Gasteiger partial charge is 0.109 e. The highest BCUT2D eigenvalue weighted by molar-refractivity contribution is 6.21. The molecule has 0 saturated carbocycles. The van der Waals surface area contributed by atoms with E-state index in [0.717, 1.165) is 18.4 Å². The van der Waals surface area contributed by atoms with E-state index in [9.17, 15) is 0 Å². The third-order valence-corrected chi connectivity index (χ3v) is 0.847. The first-order valence-electron chi connectivity index (χ1n) is 2.90. The van der Waals surface area contributed by atoms with Gasteiger partial charge in [0.2, 0.25) is 0 Å². The zero-order valence-corrected chi connectivity index (χ0v) is 5.57. The van der Waals surface area contributed by atoms with E-state index < -0.39 is 0 Å². The summed E-state index contributed by atoms with van der Waals surface area (Å²) in [5.74, 6) is 0. The van der Waals surface area contributed by atoms with Gasteiger partial charge in [-0.05, 0) is 13.5 Å². The van der Waals surface area contributed by atoms with Gasteiger partial charge in [-0.3, -0.25) is 0 Å². The van der Waals surface area contributed by atoms with Crippen LogP contribution in [0.1, 0.15) is 13.3 Å². The van der Waals surface area contributed by atoms with E-state index in [4.69, 9.17) is 7.85 Å². The number of nitrogens with one attached hydrogen (secondary N) is 1.